The number of ether oxygens (including phenoxy) is 1. The van der Waals surface area contributed by atoms with Crippen LogP contribution in [0.5, 0.6) is 5.75 Å². The zero-order chi connectivity index (χ0) is 15.6. The maximum Gasteiger partial charge on any atom is 0.358 e. The molecule has 112 valence electrons. The number of nitrogen functional groups attached to an aromatic ring is 1. The molecule has 2 rings (SSSR count). The number of rotatable bonds is 5. The first-order chi connectivity index (χ1) is 9.95. The van der Waals surface area contributed by atoms with Gasteiger partial charge in [0.1, 0.15) is 11.4 Å². The van der Waals surface area contributed by atoms with E-state index in [9.17, 15) is 9.90 Å². The van der Waals surface area contributed by atoms with Crippen LogP contribution in [0, 0.1) is 0 Å². The van der Waals surface area contributed by atoms with Crippen molar-refractivity contribution in [2.45, 2.75) is 26.8 Å². The highest BCUT2D eigenvalue weighted by Crippen LogP contribution is 2.31. The number of carboxylic acid groups (broad SMARTS) is 1. The lowest BCUT2D eigenvalue weighted by Crippen LogP contribution is -2.07. The predicted octanol–water partition coefficient (Wildman–Crippen LogP) is 2.21. The molecule has 0 aliphatic carbocycles. The first-order valence-corrected chi connectivity index (χ1v) is 6.66. The van der Waals surface area contributed by atoms with Crippen LogP contribution in [0.4, 0.5) is 5.69 Å². The minimum Gasteiger partial charge on any atom is -0.492 e. The van der Waals surface area contributed by atoms with Gasteiger partial charge in [-0.05, 0) is 39.0 Å². The van der Waals surface area contributed by atoms with E-state index in [1.165, 1.54) is 0 Å². The van der Waals surface area contributed by atoms with Crippen LogP contribution >= 0.6 is 0 Å². The third-order valence-electron chi connectivity index (χ3n) is 2.97. The summed E-state index contributed by atoms with van der Waals surface area (Å²) in [5.74, 6) is -0.550. The van der Waals surface area contributed by atoms with Crippen LogP contribution in [-0.2, 0) is 0 Å². The highest BCUT2D eigenvalue weighted by atomic mass is 16.5. The summed E-state index contributed by atoms with van der Waals surface area (Å²) in [4.78, 5) is 11.3. The van der Waals surface area contributed by atoms with Crippen molar-refractivity contribution in [2.24, 2.45) is 0 Å². The summed E-state index contributed by atoms with van der Waals surface area (Å²) in [5.41, 5.74) is 7.38. The fourth-order valence-electron chi connectivity index (χ4n) is 2.05. The van der Waals surface area contributed by atoms with Crippen molar-refractivity contribution in [3.05, 3.63) is 23.9 Å². The molecule has 7 heteroatoms. The Morgan fingerprint density at radius 2 is 2.19 bits per heavy atom. The van der Waals surface area contributed by atoms with Crippen LogP contribution in [0.3, 0.4) is 0 Å². The van der Waals surface area contributed by atoms with Crippen molar-refractivity contribution in [1.29, 1.82) is 0 Å². The van der Waals surface area contributed by atoms with E-state index in [0.29, 0.717) is 29.3 Å². The molecule has 0 saturated heterocycles. The third-order valence-corrected chi connectivity index (χ3v) is 2.97. The van der Waals surface area contributed by atoms with Crippen LogP contribution in [0.2, 0.25) is 0 Å². The van der Waals surface area contributed by atoms with Crippen LogP contribution in [0.1, 0.15) is 37.3 Å². The Morgan fingerprint density at radius 1 is 1.48 bits per heavy atom. The fourth-order valence-corrected chi connectivity index (χ4v) is 2.05. The molecule has 3 N–H and O–H groups in total. The van der Waals surface area contributed by atoms with Crippen molar-refractivity contribution in [2.75, 3.05) is 12.3 Å². The molecule has 1 heterocycles. The number of hydrogen-bond acceptors (Lipinski definition) is 5. The average molecular weight is 290 g/mol. The summed E-state index contributed by atoms with van der Waals surface area (Å²) in [5, 5.41) is 16.9. The summed E-state index contributed by atoms with van der Waals surface area (Å²) in [6, 6.07) is 5.13. The summed E-state index contributed by atoms with van der Waals surface area (Å²) in [7, 11) is 0. The molecule has 0 unspecified atom stereocenters. The zero-order valence-corrected chi connectivity index (χ0v) is 12.2. The minimum absolute atomic E-state index is 0.0200. The molecule has 1 aromatic heterocycles. The fraction of sp³-hybridized carbons (Fsp3) is 0.357. The molecule has 1 aromatic carbocycles. The number of aromatic nitrogens is 3. The minimum atomic E-state index is -1.12. The SMILES string of the molecule is CCOc1ccc(-c2c(C(=O)O)nnn2C(C)C)cc1N. The van der Waals surface area contributed by atoms with Gasteiger partial charge in [-0.1, -0.05) is 5.21 Å². The Kier molecular flexibility index (Phi) is 4.11. The lowest BCUT2D eigenvalue weighted by molar-refractivity contribution is 0.0691. The van der Waals surface area contributed by atoms with E-state index in [4.69, 9.17) is 10.5 Å². The van der Waals surface area contributed by atoms with Gasteiger partial charge in [-0.15, -0.1) is 5.10 Å². The maximum absolute atomic E-state index is 11.3. The molecule has 0 aliphatic rings. The maximum atomic E-state index is 11.3. The summed E-state index contributed by atoms with van der Waals surface area (Å²) < 4.78 is 6.95. The van der Waals surface area contributed by atoms with Crippen LogP contribution in [0.15, 0.2) is 18.2 Å². The molecule has 0 spiro atoms. The molecule has 0 aliphatic heterocycles. The van der Waals surface area contributed by atoms with Crippen LogP contribution in [0.25, 0.3) is 11.3 Å². The van der Waals surface area contributed by atoms with E-state index < -0.39 is 5.97 Å². The van der Waals surface area contributed by atoms with E-state index in [0.717, 1.165) is 0 Å². The quantitative estimate of drug-likeness (QED) is 0.818. The van der Waals surface area contributed by atoms with E-state index in [1.54, 1.807) is 22.9 Å². The summed E-state index contributed by atoms with van der Waals surface area (Å²) >= 11 is 0. The predicted molar refractivity (Wildman–Crippen MR) is 78.4 cm³/mol. The van der Waals surface area contributed by atoms with Gasteiger partial charge < -0.3 is 15.6 Å². The van der Waals surface area contributed by atoms with Crippen LogP contribution < -0.4 is 10.5 Å². The largest absolute Gasteiger partial charge is 0.492 e. The van der Waals surface area contributed by atoms with E-state index >= 15 is 0 Å². The second-order valence-electron chi connectivity index (χ2n) is 4.82. The molecule has 0 fully saturated rings. The molecule has 0 bridgehead atoms. The van der Waals surface area contributed by atoms with Crippen molar-refractivity contribution in [3.63, 3.8) is 0 Å². The smallest absolute Gasteiger partial charge is 0.358 e. The molecule has 0 saturated carbocycles. The molecule has 21 heavy (non-hydrogen) atoms. The van der Waals surface area contributed by atoms with Crippen molar-refractivity contribution in [3.8, 4) is 17.0 Å². The Bertz CT molecular complexity index is 664. The van der Waals surface area contributed by atoms with Gasteiger partial charge in [-0.2, -0.15) is 0 Å². The lowest BCUT2D eigenvalue weighted by Gasteiger charge is -2.12. The second-order valence-corrected chi connectivity index (χ2v) is 4.82. The number of nitrogens with two attached hydrogens (primary N) is 1. The van der Waals surface area contributed by atoms with Gasteiger partial charge in [0.25, 0.3) is 0 Å². The molecule has 0 atom stereocenters. The van der Waals surface area contributed by atoms with Crippen LogP contribution in [-0.4, -0.2) is 32.7 Å². The van der Waals surface area contributed by atoms with E-state index in [-0.39, 0.29) is 11.7 Å². The number of benzene rings is 1. The monoisotopic (exact) mass is 290 g/mol. The molecular weight excluding hydrogens is 272 g/mol. The first kappa shape index (κ1) is 14.8. The number of nitrogens with zero attached hydrogens (tertiary/aromatic N) is 3. The number of anilines is 1. The lowest BCUT2D eigenvalue weighted by atomic mass is 10.1. The molecule has 0 radical (unpaired) electrons. The van der Waals surface area contributed by atoms with Gasteiger partial charge in [0.15, 0.2) is 5.69 Å². The number of carboxylic acids is 1. The normalized spacial score (nSPS) is 10.9. The van der Waals surface area contributed by atoms with E-state index in [2.05, 4.69) is 10.3 Å². The van der Waals surface area contributed by atoms with Gasteiger partial charge in [-0.25, -0.2) is 9.48 Å². The van der Waals surface area contributed by atoms with Gasteiger partial charge in [-0.3, -0.25) is 0 Å². The highest BCUT2D eigenvalue weighted by Gasteiger charge is 2.22. The Hall–Kier alpha value is -2.57. The first-order valence-electron chi connectivity index (χ1n) is 6.66. The number of hydrogen-bond donors (Lipinski definition) is 2. The number of carbonyl (C=O) groups is 1. The Labute approximate surface area is 122 Å². The standard InChI is InChI=1S/C14H18N4O3/c1-4-21-11-6-5-9(7-10(11)15)13-12(14(19)20)16-17-18(13)8(2)3/h5-8H,4,15H2,1-3H3,(H,19,20). The zero-order valence-electron chi connectivity index (χ0n) is 12.2. The third kappa shape index (κ3) is 2.81. The van der Waals surface area contributed by atoms with Gasteiger partial charge in [0.05, 0.1) is 12.3 Å². The average Bonchev–Trinajstić information content (AvgIpc) is 2.86. The molecule has 2 aromatic rings. The Balaban J connectivity index is 2.57. The number of aromatic carboxylic acids is 1. The molecule has 7 nitrogen and oxygen atoms in total. The summed E-state index contributed by atoms with van der Waals surface area (Å²) in [6.07, 6.45) is 0. The van der Waals surface area contributed by atoms with Gasteiger partial charge in [0.2, 0.25) is 0 Å². The second kappa shape index (κ2) is 5.82. The molecular formula is C14H18N4O3. The summed E-state index contributed by atoms with van der Waals surface area (Å²) in [6.45, 7) is 6.19. The topological polar surface area (TPSA) is 103 Å². The highest BCUT2D eigenvalue weighted by molar-refractivity contribution is 5.93. The van der Waals surface area contributed by atoms with Crippen molar-refractivity contribution < 1.29 is 14.6 Å². The van der Waals surface area contributed by atoms with Gasteiger partial charge >= 0.3 is 5.97 Å². The Morgan fingerprint density at radius 3 is 2.71 bits per heavy atom. The van der Waals surface area contributed by atoms with Crippen molar-refractivity contribution >= 4 is 11.7 Å². The van der Waals surface area contributed by atoms with Gasteiger partial charge in [0, 0.05) is 11.6 Å². The van der Waals surface area contributed by atoms with Crippen molar-refractivity contribution in [1.82, 2.24) is 15.0 Å². The molecule has 0 amide bonds. The van der Waals surface area contributed by atoms with E-state index in [1.807, 2.05) is 20.8 Å².